The van der Waals surface area contributed by atoms with Crippen LogP contribution in [0.2, 0.25) is 0 Å². The summed E-state index contributed by atoms with van der Waals surface area (Å²) in [6.07, 6.45) is -0.630. The predicted molar refractivity (Wildman–Crippen MR) is 35.1 cm³/mol. The number of alkyl halides is 2. The van der Waals surface area contributed by atoms with Gasteiger partial charge in [0.2, 0.25) is 6.43 Å². The van der Waals surface area contributed by atoms with E-state index in [4.69, 9.17) is 0 Å². The Morgan fingerprint density at radius 1 is 1.60 bits per heavy atom. The van der Waals surface area contributed by atoms with Gasteiger partial charge in [0.25, 0.3) is 0 Å². The zero-order valence-corrected chi connectivity index (χ0v) is 5.72. The standard InChI is InChI=1S/C7H9F2N/c1-10-4-2-3-6(10)5-7(8)9/h2-4,7H,5H2,1H3. The number of nitrogens with zero attached hydrogens (tertiary/aromatic N) is 1. The first-order valence-corrected chi connectivity index (χ1v) is 3.08. The Morgan fingerprint density at radius 2 is 2.30 bits per heavy atom. The molecule has 0 atom stereocenters. The second-order valence-electron chi connectivity index (χ2n) is 2.21. The van der Waals surface area contributed by atoms with Gasteiger partial charge in [-0.3, -0.25) is 0 Å². The first kappa shape index (κ1) is 7.25. The number of aromatic nitrogens is 1. The van der Waals surface area contributed by atoms with Crippen LogP contribution in [0.5, 0.6) is 0 Å². The van der Waals surface area contributed by atoms with Crippen LogP contribution in [-0.2, 0) is 13.5 Å². The van der Waals surface area contributed by atoms with Crippen LogP contribution < -0.4 is 0 Å². The average Bonchev–Trinajstić information content (AvgIpc) is 2.15. The van der Waals surface area contributed by atoms with Crippen LogP contribution in [0.1, 0.15) is 5.69 Å². The number of hydrogen-bond acceptors (Lipinski definition) is 0. The first-order chi connectivity index (χ1) is 4.70. The number of aryl methyl sites for hydroxylation is 1. The molecule has 1 aromatic rings. The van der Waals surface area contributed by atoms with Crippen LogP contribution in [0.15, 0.2) is 18.3 Å². The molecule has 0 radical (unpaired) electrons. The molecular weight excluding hydrogens is 136 g/mol. The van der Waals surface area contributed by atoms with Gasteiger partial charge in [0.05, 0.1) is 0 Å². The largest absolute Gasteiger partial charge is 0.354 e. The van der Waals surface area contributed by atoms with Crippen molar-refractivity contribution in [3.8, 4) is 0 Å². The smallest absolute Gasteiger partial charge is 0.244 e. The highest BCUT2D eigenvalue weighted by Gasteiger charge is 2.05. The third kappa shape index (κ3) is 1.56. The Morgan fingerprint density at radius 3 is 2.70 bits per heavy atom. The van der Waals surface area contributed by atoms with Gasteiger partial charge >= 0.3 is 0 Å². The van der Waals surface area contributed by atoms with E-state index < -0.39 is 6.43 Å². The van der Waals surface area contributed by atoms with Crippen LogP contribution in [-0.4, -0.2) is 11.0 Å². The third-order valence-electron chi connectivity index (χ3n) is 1.41. The van der Waals surface area contributed by atoms with Crippen molar-refractivity contribution in [2.24, 2.45) is 7.05 Å². The second kappa shape index (κ2) is 2.82. The molecule has 0 fully saturated rings. The van der Waals surface area contributed by atoms with Gasteiger partial charge in [-0.25, -0.2) is 8.78 Å². The van der Waals surface area contributed by atoms with Crippen molar-refractivity contribution >= 4 is 0 Å². The summed E-state index contributed by atoms with van der Waals surface area (Å²) in [4.78, 5) is 0. The predicted octanol–water partition coefficient (Wildman–Crippen LogP) is 1.83. The Hall–Kier alpha value is -0.860. The van der Waals surface area contributed by atoms with Crippen molar-refractivity contribution in [3.63, 3.8) is 0 Å². The summed E-state index contributed by atoms with van der Waals surface area (Å²) in [5.41, 5.74) is 0.676. The maximum absolute atomic E-state index is 11.8. The molecule has 0 aliphatic heterocycles. The Labute approximate surface area is 58.3 Å². The minimum atomic E-state index is -2.24. The fraction of sp³-hybridized carbons (Fsp3) is 0.429. The maximum atomic E-state index is 11.8. The molecule has 10 heavy (non-hydrogen) atoms. The fourth-order valence-electron chi connectivity index (χ4n) is 0.867. The molecule has 1 heterocycles. The van der Waals surface area contributed by atoms with Gasteiger partial charge in [-0.15, -0.1) is 0 Å². The van der Waals surface area contributed by atoms with E-state index in [1.165, 1.54) is 0 Å². The fourth-order valence-corrected chi connectivity index (χ4v) is 0.867. The zero-order valence-electron chi connectivity index (χ0n) is 5.72. The molecular formula is C7H9F2N. The maximum Gasteiger partial charge on any atom is 0.244 e. The van der Waals surface area contributed by atoms with Gasteiger partial charge < -0.3 is 4.57 Å². The molecule has 0 spiro atoms. The topological polar surface area (TPSA) is 4.93 Å². The van der Waals surface area contributed by atoms with Gasteiger partial charge in [0, 0.05) is 25.4 Å². The van der Waals surface area contributed by atoms with E-state index >= 15 is 0 Å². The van der Waals surface area contributed by atoms with Gasteiger partial charge in [-0.1, -0.05) is 0 Å². The summed E-state index contributed by atoms with van der Waals surface area (Å²) in [6, 6.07) is 3.46. The molecule has 0 amide bonds. The van der Waals surface area contributed by atoms with E-state index in [1.807, 2.05) is 0 Å². The van der Waals surface area contributed by atoms with E-state index in [0.717, 1.165) is 0 Å². The lowest BCUT2D eigenvalue weighted by Gasteiger charge is -2.00. The molecule has 1 aromatic heterocycles. The Balaban J connectivity index is 2.65. The van der Waals surface area contributed by atoms with Crippen LogP contribution in [0.4, 0.5) is 8.78 Å². The molecule has 0 aromatic carbocycles. The molecule has 1 rings (SSSR count). The molecule has 3 heteroatoms. The van der Waals surface area contributed by atoms with Crippen molar-refractivity contribution in [1.82, 2.24) is 4.57 Å². The highest BCUT2D eigenvalue weighted by molar-refractivity contribution is 5.06. The minimum absolute atomic E-state index is 0.149. The van der Waals surface area contributed by atoms with E-state index in [1.54, 1.807) is 29.9 Å². The third-order valence-corrected chi connectivity index (χ3v) is 1.41. The van der Waals surface area contributed by atoms with Crippen molar-refractivity contribution in [1.29, 1.82) is 0 Å². The van der Waals surface area contributed by atoms with Crippen LogP contribution in [0.3, 0.4) is 0 Å². The Kier molecular flexibility index (Phi) is 2.04. The van der Waals surface area contributed by atoms with E-state index in [-0.39, 0.29) is 6.42 Å². The van der Waals surface area contributed by atoms with Gasteiger partial charge in [0.15, 0.2) is 0 Å². The van der Waals surface area contributed by atoms with E-state index in [0.29, 0.717) is 5.69 Å². The van der Waals surface area contributed by atoms with Crippen molar-refractivity contribution in [3.05, 3.63) is 24.0 Å². The number of rotatable bonds is 2. The summed E-state index contributed by atoms with van der Waals surface area (Å²) in [5, 5.41) is 0. The summed E-state index contributed by atoms with van der Waals surface area (Å²) >= 11 is 0. The van der Waals surface area contributed by atoms with Gasteiger partial charge in [-0.05, 0) is 12.1 Å². The number of hydrogen-bond donors (Lipinski definition) is 0. The molecule has 0 N–H and O–H groups in total. The molecule has 0 bridgehead atoms. The number of halogens is 2. The summed E-state index contributed by atoms with van der Waals surface area (Å²) in [7, 11) is 1.76. The first-order valence-electron chi connectivity index (χ1n) is 3.08. The second-order valence-corrected chi connectivity index (χ2v) is 2.21. The SMILES string of the molecule is Cn1cccc1CC(F)F. The van der Waals surface area contributed by atoms with E-state index in [2.05, 4.69) is 0 Å². The lowest BCUT2D eigenvalue weighted by atomic mass is 10.3. The average molecular weight is 145 g/mol. The molecule has 0 unspecified atom stereocenters. The van der Waals surface area contributed by atoms with E-state index in [9.17, 15) is 8.78 Å². The quantitative estimate of drug-likeness (QED) is 0.598. The highest BCUT2D eigenvalue weighted by atomic mass is 19.3. The Bertz CT molecular complexity index is 205. The molecule has 0 saturated carbocycles. The van der Waals surface area contributed by atoms with Crippen LogP contribution in [0, 0.1) is 0 Å². The minimum Gasteiger partial charge on any atom is -0.354 e. The summed E-state index contributed by atoms with van der Waals surface area (Å²) in [6.45, 7) is 0. The molecule has 0 aliphatic carbocycles. The zero-order chi connectivity index (χ0) is 7.56. The lowest BCUT2D eigenvalue weighted by Crippen LogP contribution is -2.01. The monoisotopic (exact) mass is 145 g/mol. The summed E-state index contributed by atoms with van der Waals surface area (Å²) < 4.78 is 25.2. The lowest BCUT2D eigenvalue weighted by molar-refractivity contribution is 0.147. The van der Waals surface area contributed by atoms with Crippen molar-refractivity contribution < 1.29 is 8.78 Å². The molecule has 1 nitrogen and oxygen atoms in total. The molecule has 0 saturated heterocycles. The highest BCUT2D eigenvalue weighted by Crippen LogP contribution is 2.06. The van der Waals surface area contributed by atoms with Crippen LogP contribution in [0.25, 0.3) is 0 Å². The molecule has 56 valence electrons. The van der Waals surface area contributed by atoms with Crippen molar-refractivity contribution in [2.75, 3.05) is 0 Å². The molecule has 0 aliphatic rings. The van der Waals surface area contributed by atoms with Gasteiger partial charge in [-0.2, -0.15) is 0 Å². The van der Waals surface area contributed by atoms with Crippen molar-refractivity contribution in [2.45, 2.75) is 12.8 Å². The summed E-state index contributed by atoms with van der Waals surface area (Å²) in [5.74, 6) is 0. The van der Waals surface area contributed by atoms with Crippen LogP contribution >= 0.6 is 0 Å². The van der Waals surface area contributed by atoms with Gasteiger partial charge in [0.1, 0.15) is 0 Å². The normalized spacial score (nSPS) is 10.8.